The van der Waals surface area contributed by atoms with Gasteiger partial charge in [0, 0.05) is 17.6 Å². The van der Waals surface area contributed by atoms with Crippen LogP contribution in [0.5, 0.6) is 5.75 Å². The predicted molar refractivity (Wildman–Crippen MR) is 153 cm³/mol. The van der Waals surface area contributed by atoms with Crippen LogP contribution in [0.3, 0.4) is 0 Å². The number of amides is 2. The van der Waals surface area contributed by atoms with Crippen molar-refractivity contribution < 1.29 is 22.7 Å². The van der Waals surface area contributed by atoms with Crippen LogP contribution in [-0.2, 0) is 26.2 Å². The fourth-order valence-electron chi connectivity index (χ4n) is 3.87. The van der Waals surface area contributed by atoms with Crippen molar-refractivity contribution in [2.24, 2.45) is 0 Å². The molecule has 3 aromatic rings. The van der Waals surface area contributed by atoms with E-state index in [1.54, 1.807) is 62.6 Å². The molecule has 0 bridgehead atoms. The molecule has 1 N–H and O–H groups in total. The third-order valence-corrected chi connectivity index (χ3v) is 8.42. The van der Waals surface area contributed by atoms with E-state index in [1.165, 1.54) is 29.2 Å². The third kappa shape index (κ3) is 7.74. The van der Waals surface area contributed by atoms with Gasteiger partial charge in [-0.3, -0.25) is 13.9 Å². The summed E-state index contributed by atoms with van der Waals surface area (Å²) in [6.45, 7) is 5.04. The van der Waals surface area contributed by atoms with Gasteiger partial charge in [-0.1, -0.05) is 48.9 Å². The summed E-state index contributed by atoms with van der Waals surface area (Å²) in [5, 5.41) is 3.31. The van der Waals surface area contributed by atoms with Crippen LogP contribution in [-0.4, -0.2) is 50.9 Å². The zero-order chi connectivity index (χ0) is 28.6. The zero-order valence-corrected chi connectivity index (χ0v) is 24.1. The molecule has 0 radical (unpaired) electrons. The average Bonchev–Trinajstić information content (AvgIpc) is 2.94. The van der Waals surface area contributed by atoms with Crippen molar-refractivity contribution in [3.05, 3.63) is 89.4 Å². The summed E-state index contributed by atoms with van der Waals surface area (Å²) in [7, 11) is -2.60. The van der Waals surface area contributed by atoms with Gasteiger partial charge >= 0.3 is 0 Å². The van der Waals surface area contributed by atoms with Gasteiger partial charge in [-0.2, -0.15) is 0 Å². The van der Waals surface area contributed by atoms with Gasteiger partial charge in [0.1, 0.15) is 18.3 Å². The molecule has 0 spiro atoms. The van der Waals surface area contributed by atoms with E-state index in [0.29, 0.717) is 16.5 Å². The zero-order valence-electron chi connectivity index (χ0n) is 22.5. The summed E-state index contributed by atoms with van der Waals surface area (Å²) < 4.78 is 33.9. The van der Waals surface area contributed by atoms with Crippen molar-refractivity contribution in [1.29, 1.82) is 0 Å². The van der Waals surface area contributed by atoms with E-state index in [-0.39, 0.29) is 23.4 Å². The highest BCUT2D eigenvalue weighted by Gasteiger charge is 2.32. The Morgan fingerprint density at radius 2 is 1.64 bits per heavy atom. The van der Waals surface area contributed by atoms with E-state index in [4.69, 9.17) is 16.3 Å². The third-order valence-electron chi connectivity index (χ3n) is 6.38. The Bertz CT molecular complexity index is 1370. The fourth-order valence-corrected chi connectivity index (χ4v) is 5.41. The minimum Gasteiger partial charge on any atom is -0.497 e. The van der Waals surface area contributed by atoms with Crippen LogP contribution >= 0.6 is 11.6 Å². The Kier molecular flexibility index (Phi) is 10.4. The molecular weight excluding hydrogens is 538 g/mol. The number of nitrogens with zero attached hydrogens (tertiary/aromatic N) is 2. The number of ether oxygens (including phenoxy) is 1. The van der Waals surface area contributed by atoms with Gasteiger partial charge < -0.3 is 15.0 Å². The quantitative estimate of drug-likeness (QED) is 0.334. The molecule has 0 aromatic heterocycles. The number of hydrogen-bond acceptors (Lipinski definition) is 5. The molecule has 3 aromatic carbocycles. The fraction of sp³-hybridized carbons (Fsp3) is 0.310. The van der Waals surface area contributed by atoms with Gasteiger partial charge in [-0.15, -0.1) is 0 Å². The Labute approximate surface area is 235 Å². The minimum atomic E-state index is -4.15. The number of carbonyl (C=O) groups excluding carboxylic acids is 2. The van der Waals surface area contributed by atoms with Crippen LogP contribution in [0.4, 0.5) is 5.69 Å². The summed E-state index contributed by atoms with van der Waals surface area (Å²) in [4.78, 5) is 28.4. The van der Waals surface area contributed by atoms with Crippen LogP contribution in [0.15, 0.2) is 83.8 Å². The first kappa shape index (κ1) is 30.0. The average molecular weight is 572 g/mol. The number of benzene rings is 3. The lowest BCUT2D eigenvalue weighted by atomic mass is 10.1. The first-order valence-electron chi connectivity index (χ1n) is 12.6. The van der Waals surface area contributed by atoms with Gasteiger partial charge in [0.15, 0.2) is 0 Å². The number of carbonyl (C=O) groups is 2. The van der Waals surface area contributed by atoms with Gasteiger partial charge in [0.05, 0.1) is 17.7 Å². The van der Waals surface area contributed by atoms with Crippen molar-refractivity contribution in [3.8, 4) is 5.75 Å². The first-order valence-corrected chi connectivity index (χ1v) is 14.4. The topological polar surface area (TPSA) is 96.0 Å². The first-order chi connectivity index (χ1) is 18.6. The highest BCUT2D eigenvalue weighted by atomic mass is 35.5. The summed E-state index contributed by atoms with van der Waals surface area (Å²) >= 11 is 5.98. The molecule has 39 heavy (non-hydrogen) atoms. The molecule has 2 amide bonds. The number of sulfonamides is 1. The second kappa shape index (κ2) is 13.5. The van der Waals surface area contributed by atoms with E-state index in [0.717, 1.165) is 16.3 Å². The summed E-state index contributed by atoms with van der Waals surface area (Å²) in [6, 6.07) is 20.4. The maximum Gasteiger partial charge on any atom is 0.264 e. The van der Waals surface area contributed by atoms with Crippen LogP contribution < -0.4 is 14.4 Å². The maximum absolute atomic E-state index is 13.9. The monoisotopic (exact) mass is 571 g/mol. The highest BCUT2D eigenvalue weighted by Crippen LogP contribution is 2.25. The molecule has 0 fully saturated rings. The second-order valence-electron chi connectivity index (χ2n) is 9.17. The Morgan fingerprint density at radius 1 is 0.974 bits per heavy atom. The number of halogens is 1. The van der Waals surface area contributed by atoms with Gasteiger partial charge in [-0.25, -0.2) is 8.42 Å². The van der Waals surface area contributed by atoms with Crippen LogP contribution in [0, 0.1) is 0 Å². The lowest BCUT2D eigenvalue weighted by Gasteiger charge is -2.32. The Balaban J connectivity index is 2.00. The van der Waals surface area contributed by atoms with Gasteiger partial charge in [-0.05, 0) is 74.4 Å². The Morgan fingerprint density at radius 3 is 2.26 bits per heavy atom. The standard InChI is InChI=1S/C29H34ClN3O5S/c1-5-21(2)31-29(35)22(3)32(19-23-10-9-13-26(18-23)38-4)28(34)20-33(25-11-7-6-8-12-25)39(36,37)27-16-14-24(30)15-17-27/h6-18,21-22H,5,19-20H2,1-4H3,(H,31,35). The molecule has 0 aliphatic heterocycles. The maximum atomic E-state index is 13.9. The SMILES string of the molecule is CCC(C)NC(=O)C(C)N(Cc1cccc(OC)c1)C(=O)CN(c1ccccc1)S(=O)(=O)c1ccc(Cl)cc1. The highest BCUT2D eigenvalue weighted by molar-refractivity contribution is 7.92. The van der Waals surface area contributed by atoms with Crippen LogP contribution in [0.2, 0.25) is 5.02 Å². The number of nitrogens with one attached hydrogen (secondary N) is 1. The number of methoxy groups -OCH3 is 1. The summed E-state index contributed by atoms with van der Waals surface area (Å²) in [5.74, 6) is -0.258. The lowest BCUT2D eigenvalue weighted by molar-refractivity contribution is -0.139. The second-order valence-corrected chi connectivity index (χ2v) is 11.5. The van der Waals surface area contributed by atoms with E-state index < -0.39 is 28.5 Å². The normalized spacial score (nSPS) is 12.7. The number of hydrogen-bond donors (Lipinski definition) is 1. The Hall–Kier alpha value is -3.56. The predicted octanol–water partition coefficient (Wildman–Crippen LogP) is 4.88. The number of para-hydroxylation sites is 1. The molecule has 0 saturated carbocycles. The van der Waals surface area contributed by atoms with E-state index in [1.807, 2.05) is 19.9 Å². The molecule has 0 aliphatic rings. The number of rotatable bonds is 12. The molecular formula is C29H34ClN3O5S. The van der Waals surface area contributed by atoms with Crippen molar-refractivity contribution in [2.75, 3.05) is 18.0 Å². The van der Waals surface area contributed by atoms with Crippen molar-refractivity contribution in [2.45, 2.75) is 50.7 Å². The van der Waals surface area contributed by atoms with Crippen LogP contribution in [0.1, 0.15) is 32.8 Å². The minimum absolute atomic E-state index is 0.00883. The summed E-state index contributed by atoms with van der Waals surface area (Å²) in [5.41, 5.74) is 1.05. The largest absolute Gasteiger partial charge is 0.497 e. The van der Waals surface area contributed by atoms with Crippen molar-refractivity contribution in [3.63, 3.8) is 0 Å². The lowest BCUT2D eigenvalue weighted by Crippen LogP contribution is -2.52. The van der Waals surface area contributed by atoms with Gasteiger partial charge in [0.2, 0.25) is 11.8 Å². The molecule has 3 rings (SSSR count). The van der Waals surface area contributed by atoms with E-state index in [9.17, 15) is 18.0 Å². The summed E-state index contributed by atoms with van der Waals surface area (Å²) in [6.07, 6.45) is 0.726. The molecule has 2 unspecified atom stereocenters. The van der Waals surface area contributed by atoms with E-state index in [2.05, 4.69) is 5.32 Å². The molecule has 2 atom stereocenters. The van der Waals surface area contributed by atoms with Crippen LogP contribution in [0.25, 0.3) is 0 Å². The molecule has 8 nitrogen and oxygen atoms in total. The molecule has 0 aliphatic carbocycles. The molecule has 10 heteroatoms. The van der Waals surface area contributed by atoms with Crippen molar-refractivity contribution >= 4 is 39.1 Å². The molecule has 0 heterocycles. The molecule has 0 saturated heterocycles. The molecule has 208 valence electrons. The van der Waals surface area contributed by atoms with Gasteiger partial charge in [0.25, 0.3) is 10.0 Å². The van der Waals surface area contributed by atoms with Crippen molar-refractivity contribution in [1.82, 2.24) is 10.2 Å². The van der Waals surface area contributed by atoms with E-state index >= 15 is 0 Å². The smallest absolute Gasteiger partial charge is 0.264 e. The number of anilines is 1.